The van der Waals surface area contributed by atoms with E-state index >= 15 is 0 Å². The zero-order chi connectivity index (χ0) is 15.9. The van der Waals surface area contributed by atoms with Crippen LogP contribution in [0.25, 0.3) is 34.2 Å². The third kappa shape index (κ3) is 2.50. The van der Waals surface area contributed by atoms with Gasteiger partial charge in [0, 0.05) is 34.2 Å². The van der Waals surface area contributed by atoms with Gasteiger partial charge in [-0.3, -0.25) is 0 Å². The highest BCUT2D eigenvalue weighted by atomic mass is 15.0. The molecule has 5 heterocycles. The highest BCUT2D eigenvalue weighted by Gasteiger charge is 2.08. The van der Waals surface area contributed by atoms with Crippen molar-refractivity contribution in [2.24, 2.45) is 0 Å². The van der Waals surface area contributed by atoms with E-state index in [2.05, 4.69) is 55.3 Å². The lowest BCUT2D eigenvalue weighted by Crippen LogP contribution is -1.87. The van der Waals surface area contributed by atoms with Gasteiger partial charge in [-0.15, -0.1) is 0 Å². The summed E-state index contributed by atoms with van der Waals surface area (Å²) < 4.78 is 0. The smallest absolute Gasteiger partial charge is 0.154 e. The Morgan fingerprint density at radius 1 is 0.667 bits per heavy atom. The molecule has 0 unspecified atom stereocenters. The molecule has 0 aliphatic carbocycles. The van der Waals surface area contributed by atoms with Crippen molar-refractivity contribution in [1.82, 2.24) is 24.9 Å². The highest BCUT2D eigenvalue weighted by Crippen LogP contribution is 2.15. The van der Waals surface area contributed by atoms with Crippen molar-refractivity contribution in [3.8, 4) is 0 Å². The monoisotopic (exact) mass is 313 g/mol. The number of rotatable bonds is 0. The Morgan fingerprint density at radius 3 is 2.17 bits per heavy atom. The van der Waals surface area contributed by atoms with Crippen LogP contribution in [0, 0.1) is 0 Å². The normalized spacial score (nSPS) is 13.3. The maximum Gasteiger partial charge on any atom is 0.154 e. The lowest BCUT2D eigenvalue weighted by Gasteiger charge is -1.85. The second-order valence-corrected chi connectivity index (χ2v) is 6.03. The Balaban J connectivity index is 1.84. The first-order chi connectivity index (χ1) is 11.8. The SMILES string of the molecule is C1=Cc2nc1cc1ccc(cc3ccc(cc4nc(n2)CC4)[nH]3)[nH]1. The Kier molecular flexibility index (Phi) is 2.85. The van der Waals surface area contributed by atoms with E-state index in [9.17, 15) is 0 Å². The van der Waals surface area contributed by atoms with Crippen molar-refractivity contribution in [2.75, 3.05) is 0 Å². The summed E-state index contributed by atoms with van der Waals surface area (Å²) in [5, 5.41) is 0. The standard InChI is InChI=1S/C19H15N5/c1-3-14-10-16-5-7-18(22-16)24-19-8-6-17(23-19)11-15-4-2-13(21-15)9-12(1)20-14/h1-5,7,9-11,20-21H,6,8H2. The van der Waals surface area contributed by atoms with Gasteiger partial charge in [0.05, 0.1) is 5.69 Å². The Labute approximate surface area is 138 Å². The summed E-state index contributed by atoms with van der Waals surface area (Å²) in [7, 11) is 0. The molecule has 2 aliphatic rings. The number of H-pyrrole nitrogens is 2. The summed E-state index contributed by atoms with van der Waals surface area (Å²) in [5.41, 5.74) is 6.13. The fourth-order valence-electron chi connectivity index (χ4n) is 3.05. The predicted octanol–water partition coefficient (Wildman–Crippen LogP) is 3.67. The molecule has 5 heteroatoms. The van der Waals surface area contributed by atoms with Crippen LogP contribution in [0.5, 0.6) is 0 Å². The van der Waals surface area contributed by atoms with E-state index in [1.807, 2.05) is 24.3 Å². The van der Waals surface area contributed by atoms with Gasteiger partial charge in [-0.2, -0.15) is 0 Å². The summed E-state index contributed by atoms with van der Waals surface area (Å²) in [6.07, 6.45) is 5.68. The second kappa shape index (κ2) is 5.16. The molecule has 0 atom stereocenters. The average Bonchev–Trinajstić information content (AvgIpc) is 3.32. The molecule has 2 aliphatic heterocycles. The van der Waals surface area contributed by atoms with Crippen molar-refractivity contribution in [3.05, 3.63) is 65.5 Å². The van der Waals surface area contributed by atoms with Gasteiger partial charge in [0.25, 0.3) is 0 Å². The molecule has 5 nitrogen and oxygen atoms in total. The average molecular weight is 313 g/mol. The van der Waals surface area contributed by atoms with Crippen LogP contribution < -0.4 is 0 Å². The van der Waals surface area contributed by atoms with E-state index in [1.54, 1.807) is 0 Å². The zero-order valence-electron chi connectivity index (χ0n) is 13.0. The predicted molar refractivity (Wildman–Crippen MR) is 95.1 cm³/mol. The van der Waals surface area contributed by atoms with Crippen LogP contribution in [-0.2, 0) is 12.8 Å². The van der Waals surface area contributed by atoms with Crippen molar-refractivity contribution < 1.29 is 0 Å². The molecule has 0 aromatic carbocycles. The van der Waals surface area contributed by atoms with Crippen LogP contribution in [0.1, 0.15) is 23.0 Å². The molecule has 0 fully saturated rings. The summed E-state index contributed by atoms with van der Waals surface area (Å²) in [6, 6.07) is 14.4. The molecule has 3 aromatic rings. The van der Waals surface area contributed by atoms with Gasteiger partial charge in [-0.05, 0) is 61.0 Å². The van der Waals surface area contributed by atoms with Crippen molar-refractivity contribution in [1.29, 1.82) is 0 Å². The molecule has 0 saturated carbocycles. The topological polar surface area (TPSA) is 70.2 Å². The maximum absolute atomic E-state index is 4.62. The molecular formula is C19H15N5. The van der Waals surface area contributed by atoms with Crippen LogP contribution in [0.15, 0.2) is 42.5 Å². The number of nitrogens with zero attached hydrogens (tertiary/aromatic N) is 3. The van der Waals surface area contributed by atoms with Crippen molar-refractivity contribution in [2.45, 2.75) is 12.8 Å². The minimum Gasteiger partial charge on any atom is -0.355 e. The largest absolute Gasteiger partial charge is 0.355 e. The van der Waals surface area contributed by atoms with Gasteiger partial charge in [-0.1, -0.05) is 0 Å². The fourth-order valence-corrected chi connectivity index (χ4v) is 3.05. The number of aromatic nitrogens is 5. The highest BCUT2D eigenvalue weighted by molar-refractivity contribution is 5.72. The molecule has 24 heavy (non-hydrogen) atoms. The van der Waals surface area contributed by atoms with Gasteiger partial charge in [0.2, 0.25) is 0 Å². The first-order valence-corrected chi connectivity index (χ1v) is 8.01. The van der Waals surface area contributed by atoms with E-state index in [0.717, 1.165) is 52.1 Å². The number of hydrogen-bond donors (Lipinski definition) is 2. The summed E-state index contributed by atoms with van der Waals surface area (Å²) in [6.45, 7) is 0. The van der Waals surface area contributed by atoms with Gasteiger partial charge in [0.15, 0.2) is 5.82 Å². The van der Waals surface area contributed by atoms with E-state index in [0.29, 0.717) is 5.82 Å². The van der Waals surface area contributed by atoms with E-state index < -0.39 is 0 Å². The molecule has 8 bridgehead atoms. The number of fused-ring (bicyclic) bond motifs is 8. The minimum atomic E-state index is 0.717. The Hall–Kier alpha value is -3.21. The van der Waals surface area contributed by atoms with Gasteiger partial charge in [0.1, 0.15) is 5.82 Å². The molecule has 0 amide bonds. The van der Waals surface area contributed by atoms with Gasteiger partial charge >= 0.3 is 0 Å². The number of aryl methyl sites for hydroxylation is 2. The first kappa shape index (κ1) is 13.2. The zero-order valence-corrected chi connectivity index (χ0v) is 13.0. The lowest BCUT2D eigenvalue weighted by molar-refractivity contribution is 0.955. The fraction of sp³-hybridized carbons (Fsp3) is 0.105. The van der Waals surface area contributed by atoms with Crippen LogP contribution in [0.2, 0.25) is 0 Å². The van der Waals surface area contributed by atoms with Crippen molar-refractivity contribution >= 4 is 34.2 Å². The third-order valence-electron chi connectivity index (χ3n) is 4.17. The molecule has 2 N–H and O–H groups in total. The summed E-state index contributed by atoms with van der Waals surface area (Å²) >= 11 is 0. The van der Waals surface area contributed by atoms with Crippen molar-refractivity contribution in [3.63, 3.8) is 0 Å². The summed E-state index contributed by atoms with van der Waals surface area (Å²) in [4.78, 5) is 20.5. The first-order valence-electron chi connectivity index (χ1n) is 8.01. The third-order valence-corrected chi connectivity index (χ3v) is 4.17. The van der Waals surface area contributed by atoms with Crippen LogP contribution in [0.4, 0.5) is 0 Å². The molecule has 5 rings (SSSR count). The molecule has 3 aromatic heterocycles. The van der Waals surface area contributed by atoms with Gasteiger partial charge < -0.3 is 9.97 Å². The number of nitrogens with one attached hydrogen (secondary N) is 2. The lowest BCUT2D eigenvalue weighted by atomic mass is 10.3. The van der Waals surface area contributed by atoms with E-state index in [4.69, 9.17) is 0 Å². The van der Waals surface area contributed by atoms with Crippen LogP contribution >= 0.6 is 0 Å². The van der Waals surface area contributed by atoms with Crippen LogP contribution in [0.3, 0.4) is 0 Å². The maximum atomic E-state index is 4.62. The van der Waals surface area contributed by atoms with E-state index in [-0.39, 0.29) is 0 Å². The van der Waals surface area contributed by atoms with E-state index in [1.165, 1.54) is 0 Å². The molecular weight excluding hydrogens is 298 g/mol. The summed E-state index contributed by atoms with van der Waals surface area (Å²) in [5.74, 6) is 1.56. The Morgan fingerprint density at radius 2 is 1.38 bits per heavy atom. The number of hydrogen-bond acceptors (Lipinski definition) is 3. The molecule has 116 valence electrons. The van der Waals surface area contributed by atoms with Crippen LogP contribution in [-0.4, -0.2) is 24.9 Å². The molecule has 0 saturated heterocycles. The quantitative estimate of drug-likeness (QED) is 0.520. The number of aromatic amines is 2. The second-order valence-electron chi connectivity index (χ2n) is 6.03. The minimum absolute atomic E-state index is 0.717. The molecule has 0 spiro atoms. The van der Waals surface area contributed by atoms with Gasteiger partial charge in [-0.25, -0.2) is 15.0 Å². The Bertz CT molecular complexity index is 1120. The molecule has 0 radical (unpaired) electrons.